The number of rotatable bonds is 4. The molecule has 21 heavy (non-hydrogen) atoms. The van der Waals surface area contributed by atoms with Crippen molar-refractivity contribution in [1.82, 2.24) is 5.32 Å². The highest BCUT2D eigenvalue weighted by Gasteiger charge is 2.40. The summed E-state index contributed by atoms with van der Waals surface area (Å²) in [6.45, 7) is 2.88. The Morgan fingerprint density at radius 2 is 2.05 bits per heavy atom. The average Bonchev–Trinajstić information content (AvgIpc) is 2.45. The van der Waals surface area contributed by atoms with E-state index in [-0.39, 0.29) is 12.5 Å². The monoisotopic (exact) mass is 355 g/mol. The molecule has 0 aliphatic carbocycles. The van der Waals surface area contributed by atoms with Crippen molar-refractivity contribution in [2.75, 3.05) is 19.8 Å². The molecule has 1 aromatic carbocycles. The number of aliphatic carboxylic acids is 1. The average molecular weight is 356 g/mol. The van der Waals surface area contributed by atoms with Gasteiger partial charge < -0.3 is 15.2 Å². The van der Waals surface area contributed by atoms with Gasteiger partial charge in [-0.2, -0.15) is 0 Å². The van der Waals surface area contributed by atoms with Gasteiger partial charge in [-0.1, -0.05) is 6.07 Å². The van der Waals surface area contributed by atoms with Crippen LogP contribution in [0.2, 0.25) is 0 Å². The molecule has 0 unspecified atom stereocenters. The molecule has 1 saturated heterocycles. The van der Waals surface area contributed by atoms with Crippen molar-refractivity contribution in [3.05, 3.63) is 33.8 Å². The summed E-state index contributed by atoms with van der Waals surface area (Å²) in [7, 11) is 0. The minimum absolute atomic E-state index is 0.116. The van der Waals surface area contributed by atoms with Crippen LogP contribution in [0, 0.1) is 12.3 Å². The second-order valence-corrected chi connectivity index (χ2v) is 6.22. The Hall–Kier alpha value is -1.40. The van der Waals surface area contributed by atoms with Crippen LogP contribution in [-0.2, 0) is 9.53 Å². The van der Waals surface area contributed by atoms with Crippen molar-refractivity contribution in [3.63, 3.8) is 0 Å². The zero-order chi connectivity index (χ0) is 15.5. The summed E-state index contributed by atoms with van der Waals surface area (Å²) in [4.78, 5) is 23.7. The molecule has 114 valence electrons. The molecular formula is C15H18BrNO4. The van der Waals surface area contributed by atoms with Crippen LogP contribution < -0.4 is 5.32 Å². The molecule has 2 rings (SSSR count). The van der Waals surface area contributed by atoms with Crippen molar-refractivity contribution < 1.29 is 19.4 Å². The smallest absolute Gasteiger partial charge is 0.311 e. The maximum Gasteiger partial charge on any atom is 0.311 e. The van der Waals surface area contributed by atoms with Gasteiger partial charge in [0.05, 0.1) is 11.0 Å². The molecule has 0 aromatic heterocycles. The van der Waals surface area contributed by atoms with Crippen molar-refractivity contribution in [2.45, 2.75) is 19.8 Å². The van der Waals surface area contributed by atoms with E-state index in [0.717, 1.165) is 5.56 Å². The molecular weight excluding hydrogens is 338 g/mol. The Morgan fingerprint density at radius 1 is 1.38 bits per heavy atom. The number of hydrogen-bond donors (Lipinski definition) is 2. The van der Waals surface area contributed by atoms with Crippen LogP contribution in [0.1, 0.15) is 28.8 Å². The number of halogens is 1. The number of ether oxygens (including phenoxy) is 1. The molecule has 1 aromatic rings. The summed E-state index contributed by atoms with van der Waals surface area (Å²) >= 11 is 3.36. The van der Waals surface area contributed by atoms with Gasteiger partial charge in [-0.15, -0.1) is 0 Å². The summed E-state index contributed by atoms with van der Waals surface area (Å²) in [5.41, 5.74) is 0.628. The molecule has 0 atom stereocenters. The number of nitrogens with one attached hydrogen (secondary N) is 1. The van der Waals surface area contributed by atoms with E-state index in [1.165, 1.54) is 0 Å². The van der Waals surface area contributed by atoms with Gasteiger partial charge in [0, 0.05) is 24.2 Å². The third-order valence-electron chi connectivity index (χ3n) is 3.86. The molecule has 1 fully saturated rings. The first-order valence-corrected chi connectivity index (χ1v) is 7.59. The van der Waals surface area contributed by atoms with Gasteiger partial charge in [0.1, 0.15) is 0 Å². The van der Waals surface area contributed by atoms with Crippen LogP contribution in [-0.4, -0.2) is 36.7 Å². The van der Waals surface area contributed by atoms with Gasteiger partial charge in [0.15, 0.2) is 0 Å². The maximum absolute atomic E-state index is 12.2. The predicted molar refractivity (Wildman–Crippen MR) is 81.3 cm³/mol. The number of carbonyl (C=O) groups excluding carboxylic acids is 1. The summed E-state index contributed by atoms with van der Waals surface area (Å²) in [5.74, 6) is -1.15. The minimum Gasteiger partial charge on any atom is -0.481 e. The zero-order valence-corrected chi connectivity index (χ0v) is 13.4. The molecule has 1 aliphatic rings. The Bertz CT molecular complexity index is 553. The highest BCUT2D eigenvalue weighted by molar-refractivity contribution is 9.10. The van der Waals surface area contributed by atoms with E-state index in [0.29, 0.717) is 36.1 Å². The molecule has 2 N–H and O–H groups in total. The second-order valence-electron chi connectivity index (χ2n) is 5.36. The quantitative estimate of drug-likeness (QED) is 0.869. The van der Waals surface area contributed by atoms with E-state index in [1.54, 1.807) is 6.07 Å². The lowest BCUT2D eigenvalue weighted by atomic mass is 9.80. The van der Waals surface area contributed by atoms with Gasteiger partial charge in [0.25, 0.3) is 5.91 Å². The van der Waals surface area contributed by atoms with Gasteiger partial charge in [0.2, 0.25) is 0 Å². The van der Waals surface area contributed by atoms with Gasteiger partial charge in [-0.25, -0.2) is 0 Å². The number of carbonyl (C=O) groups is 2. The van der Waals surface area contributed by atoms with Crippen molar-refractivity contribution in [1.29, 1.82) is 0 Å². The lowest BCUT2D eigenvalue weighted by Gasteiger charge is -2.33. The SMILES string of the molecule is Cc1ccc(C(=O)NCC2(C(=O)O)CCOCC2)c(Br)c1. The Morgan fingerprint density at radius 3 is 2.62 bits per heavy atom. The van der Waals surface area contributed by atoms with Crippen molar-refractivity contribution in [2.24, 2.45) is 5.41 Å². The lowest BCUT2D eigenvalue weighted by molar-refractivity contribution is -0.154. The van der Waals surface area contributed by atoms with Gasteiger partial charge >= 0.3 is 5.97 Å². The summed E-state index contributed by atoms with van der Waals surface area (Å²) < 4.78 is 5.92. The molecule has 0 radical (unpaired) electrons. The first-order chi connectivity index (χ1) is 9.94. The minimum atomic E-state index is -0.926. The summed E-state index contributed by atoms with van der Waals surface area (Å²) in [5, 5.41) is 12.2. The molecule has 0 spiro atoms. The number of carboxylic acids is 1. The van der Waals surface area contributed by atoms with Gasteiger partial charge in [-0.05, 0) is 53.4 Å². The standard InChI is InChI=1S/C15H18BrNO4/c1-10-2-3-11(12(16)8-10)13(18)17-9-15(14(19)20)4-6-21-7-5-15/h2-3,8H,4-7,9H2,1H3,(H,17,18)(H,19,20). The Kier molecular flexibility index (Phi) is 5.00. The summed E-state index contributed by atoms with van der Waals surface area (Å²) in [6.07, 6.45) is 0.829. The van der Waals surface area contributed by atoms with Gasteiger partial charge in [-0.3, -0.25) is 9.59 Å². The van der Waals surface area contributed by atoms with E-state index in [9.17, 15) is 14.7 Å². The van der Waals surface area contributed by atoms with Crippen LogP contribution in [0.15, 0.2) is 22.7 Å². The molecule has 1 heterocycles. The molecule has 1 amide bonds. The first kappa shape index (κ1) is 16.0. The molecule has 6 heteroatoms. The summed E-state index contributed by atoms with van der Waals surface area (Å²) in [6, 6.07) is 5.43. The normalized spacial score (nSPS) is 17.2. The molecule has 5 nitrogen and oxygen atoms in total. The topological polar surface area (TPSA) is 75.6 Å². The van der Waals surface area contributed by atoms with Crippen LogP contribution in [0.4, 0.5) is 0 Å². The third kappa shape index (κ3) is 3.63. The van der Waals surface area contributed by atoms with Crippen LogP contribution in [0.5, 0.6) is 0 Å². The van der Waals surface area contributed by atoms with E-state index >= 15 is 0 Å². The maximum atomic E-state index is 12.2. The molecule has 0 saturated carbocycles. The van der Waals surface area contributed by atoms with E-state index in [1.807, 2.05) is 19.1 Å². The van der Waals surface area contributed by atoms with E-state index < -0.39 is 11.4 Å². The predicted octanol–water partition coefficient (Wildman–Crippen LogP) is 2.37. The van der Waals surface area contributed by atoms with Crippen LogP contribution >= 0.6 is 15.9 Å². The number of hydrogen-bond acceptors (Lipinski definition) is 3. The largest absolute Gasteiger partial charge is 0.481 e. The Balaban J connectivity index is 2.07. The highest BCUT2D eigenvalue weighted by atomic mass is 79.9. The number of benzene rings is 1. The van der Waals surface area contributed by atoms with Crippen molar-refractivity contribution >= 4 is 27.8 Å². The number of aryl methyl sites for hydroxylation is 1. The van der Waals surface area contributed by atoms with E-state index in [4.69, 9.17) is 4.74 Å². The highest BCUT2D eigenvalue weighted by Crippen LogP contribution is 2.30. The fraction of sp³-hybridized carbons (Fsp3) is 0.467. The molecule has 0 bridgehead atoms. The zero-order valence-electron chi connectivity index (χ0n) is 11.8. The third-order valence-corrected chi connectivity index (χ3v) is 4.52. The fourth-order valence-electron chi connectivity index (χ4n) is 2.38. The van der Waals surface area contributed by atoms with Crippen molar-refractivity contribution in [3.8, 4) is 0 Å². The van der Waals surface area contributed by atoms with E-state index in [2.05, 4.69) is 21.2 Å². The second kappa shape index (κ2) is 6.58. The lowest BCUT2D eigenvalue weighted by Crippen LogP contribution is -2.46. The first-order valence-electron chi connectivity index (χ1n) is 6.80. The molecule has 1 aliphatic heterocycles. The van der Waals surface area contributed by atoms with Crippen LogP contribution in [0.25, 0.3) is 0 Å². The Labute approximate surface area is 131 Å². The number of carboxylic acid groups (broad SMARTS) is 1. The fourth-order valence-corrected chi connectivity index (χ4v) is 3.05. The number of amides is 1. The van der Waals surface area contributed by atoms with Crippen LogP contribution in [0.3, 0.4) is 0 Å².